The van der Waals surface area contributed by atoms with Gasteiger partial charge in [0.2, 0.25) is 0 Å². The van der Waals surface area contributed by atoms with E-state index in [1.807, 2.05) is 6.07 Å². The molecule has 1 aromatic carbocycles. The fourth-order valence-electron chi connectivity index (χ4n) is 2.03. The monoisotopic (exact) mass is 338 g/mol. The van der Waals surface area contributed by atoms with Crippen molar-refractivity contribution in [3.05, 3.63) is 35.9 Å². The molecule has 0 aliphatic carbocycles. The highest BCUT2D eigenvalue weighted by Gasteiger charge is 2.33. The molecule has 0 amide bonds. The molecule has 0 unspecified atom stereocenters. The first-order chi connectivity index (χ1) is 11.0. The van der Waals surface area contributed by atoms with E-state index in [9.17, 15) is 9.59 Å². The summed E-state index contributed by atoms with van der Waals surface area (Å²) in [5, 5.41) is 12.2. The van der Waals surface area contributed by atoms with Crippen molar-refractivity contribution in [3.63, 3.8) is 0 Å². The fraction of sp³-hybridized carbons (Fsp3) is 0.400. The lowest BCUT2D eigenvalue weighted by atomic mass is 10.1. The van der Waals surface area contributed by atoms with Crippen LogP contribution in [0.3, 0.4) is 0 Å². The van der Waals surface area contributed by atoms with E-state index >= 15 is 0 Å². The molecule has 1 aliphatic heterocycles. The Kier molecular flexibility index (Phi) is 5.89. The van der Waals surface area contributed by atoms with Crippen molar-refractivity contribution in [1.29, 1.82) is 0 Å². The van der Waals surface area contributed by atoms with Gasteiger partial charge in [-0.15, -0.1) is 0 Å². The summed E-state index contributed by atoms with van der Waals surface area (Å²) in [6, 6.07) is 7.83. The molecule has 23 heavy (non-hydrogen) atoms. The van der Waals surface area contributed by atoms with Crippen LogP contribution in [0.5, 0.6) is 0 Å². The molecule has 8 heteroatoms. The second kappa shape index (κ2) is 7.89. The molecule has 1 heterocycles. The average molecular weight is 338 g/mol. The highest BCUT2D eigenvalue weighted by atomic mass is 32.1. The molecule has 124 valence electrons. The number of rotatable bonds is 5. The van der Waals surface area contributed by atoms with Gasteiger partial charge >= 0.3 is 11.9 Å². The topological polar surface area (TPSA) is 88.1 Å². The Morgan fingerprint density at radius 1 is 1.39 bits per heavy atom. The van der Waals surface area contributed by atoms with Crippen molar-refractivity contribution in [1.82, 2.24) is 10.2 Å². The number of methoxy groups -OCH3 is 1. The molecule has 1 aromatic rings. The number of benzene rings is 1. The van der Waals surface area contributed by atoms with Crippen molar-refractivity contribution in [2.24, 2.45) is 0 Å². The summed E-state index contributed by atoms with van der Waals surface area (Å²) in [7, 11) is 1.23. The van der Waals surface area contributed by atoms with Gasteiger partial charge in [0.05, 0.1) is 32.4 Å². The minimum absolute atomic E-state index is 0.256. The lowest BCUT2D eigenvalue weighted by Gasteiger charge is -2.40. The Bertz CT molecular complexity index is 574. The van der Waals surface area contributed by atoms with Gasteiger partial charge in [-0.25, -0.2) is 9.59 Å². The molecule has 1 fully saturated rings. The second-order valence-corrected chi connectivity index (χ2v) is 5.39. The first-order valence-corrected chi connectivity index (χ1v) is 7.46. The number of nitrogens with one attached hydrogen (secondary N) is 1. The van der Waals surface area contributed by atoms with Gasteiger partial charge in [0.15, 0.2) is 5.11 Å². The number of hydrogen-bond donors (Lipinski definition) is 2. The van der Waals surface area contributed by atoms with Gasteiger partial charge in [-0.1, -0.05) is 18.2 Å². The van der Waals surface area contributed by atoms with E-state index in [-0.39, 0.29) is 12.1 Å². The van der Waals surface area contributed by atoms with Crippen LogP contribution in [0.4, 0.5) is 0 Å². The van der Waals surface area contributed by atoms with E-state index < -0.39 is 18.6 Å². The largest absolute Gasteiger partial charge is 0.467 e. The highest BCUT2D eigenvalue weighted by molar-refractivity contribution is 7.80. The van der Waals surface area contributed by atoms with Crippen molar-refractivity contribution in [2.75, 3.05) is 26.8 Å². The minimum atomic E-state index is -0.904. The van der Waals surface area contributed by atoms with Crippen LogP contribution in [0.2, 0.25) is 0 Å². The first kappa shape index (κ1) is 17.2. The van der Waals surface area contributed by atoms with Gasteiger partial charge in [0.25, 0.3) is 0 Å². The lowest BCUT2D eigenvalue weighted by molar-refractivity contribution is -0.143. The molecule has 0 saturated carbocycles. The van der Waals surface area contributed by atoms with Gasteiger partial charge in [-0.3, -0.25) is 0 Å². The van der Waals surface area contributed by atoms with E-state index in [1.165, 1.54) is 7.11 Å². The zero-order chi connectivity index (χ0) is 16.8. The van der Waals surface area contributed by atoms with E-state index in [0.717, 1.165) is 0 Å². The molecule has 0 spiro atoms. The van der Waals surface area contributed by atoms with Crippen LogP contribution in [0.25, 0.3) is 0 Å². The minimum Gasteiger partial charge on any atom is -0.467 e. The number of likely N-dealkylation sites (tertiary alicyclic amines) is 1. The normalized spacial score (nSPS) is 15.3. The average Bonchev–Trinajstić information content (AvgIpc) is 2.55. The summed E-state index contributed by atoms with van der Waals surface area (Å²) >= 11 is 5.15. The van der Waals surface area contributed by atoms with Crippen LogP contribution >= 0.6 is 12.2 Å². The molecule has 0 bridgehead atoms. The zero-order valence-corrected chi connectivity index (χ0v) is 13.4. The summed E-state index contributed by atoms with van der Waals surface area (Å²) in [6.07, 6.45) is -0.256. The number of aliphatic hydroxyl groups excluding tert-OH is 1. The van der Waals surface area contributed by atoms with E-state index in [0.29, 0.717) is 23.8 Å². The molecule has 0 aromatic heterocycles. The predicted molar refractivity (Wildman–Crippen MR) is 85.8 cm³/mol. The highest BCUT2D eigenvalue weighted by Crippen LogP contribution is 2.14. The van der Waals surface area contributed by atoms with Crippen molar-refractivity contribution in [3.8, 4) is 0 Å². The van der Waals surface area contributed by atoms with Crippen LogP contribution in [0.15, 0.2) is 30.3 Å². The Morgan fingerprint density at radius 2 is 2.04 bits per heavy atom. The van der Waals surface area contributed by atoms with Crippen molar-refractivity contribution in [2.45, 2.75) is 12.1 Å². The number of thiocarbonyl (C=S) groups is 1. The third kappa shape index (κ3) is 4.40. The summed E-state index contributed by atoms with van der Waals surface area (Å²) in [5.41, 5.74) is 0.498. The SMILES string of the molecule is COC(=O)[C@H](CO)NC(=S)N1CC(OC(=O)c2ccccc2)C1. The molecular formula is C15H18N2O5S. The maximum absolute atomic E-state index is 11.9. The Labute approximate surface area is 139 Å². The molecular weight excluding hydrogens is 320 g/mol. The number of carbonyl (C=O) groups excluding carboxylic acids is 2. The van der Waals surface area contributed by atoms with E-state index in [2.05, 4.69) is 10.1 Å². The second-order valence-electron chi connectivity index (χ2n) is 5.01. The number of carbonyl (C=O) groups is 2. The molecule has 0 radical (unpaired) electrons. The Balaban J connectivity index is 1.77. The number of hydrogen-bond acceptors (Lipinski definition) is 6. The standard InChI is InChI=1S/C15H18N2O5S/c1-21-14(20)12(9-18)16-15(23)17-7-11(8-17)22-13(19)10-5-3-2-4-6-10/h2-6,11-12,18H,7-9H2,1H3,(H,16,23)/t12-/m0/s1. The molecule has 1 aliphatic rings. The lowest BCUT2D eigenvalue weighted by Crippen LogP contribution is -2.60. The van der Waals surface area contributed by atoms with Crippen LogP contribution in [-0.2, 0) is 14.3 Å². The molecule has 7 nitrogen and oxygen atoms in total. The van der Waals surface area contributed by atoms with Gasteiger partial charge in [0.1, 0.15) is 12.1 Å². The van der Waals surface area contributed by atoms with Crippen molar-refractivity contribution >= 4 is 29.3 Å². The predicted octanol–water partition coefficient (Wildman–Crippen LogP) is -0.0640. The molecule has 1 saturated heterocycles. The van der Waals surface area contributed by atoms with Gasteiger partial charge < -0.3 is 24.8 Å². The molecule has 1 atom stereocenters. The summed E-state index contributed by atoms with van der Waals surface area (Å²) in [4.78, 5) is 25.0. The third-order valence-electron chi connectivity index (χ3n) is 3.38. The smallest absolute Gasteiger partial charge is 0.338 e. The summed E-state index contributed by atoms with van der Waals surface area (Å²) < 4.78 is 9.89. The van der Waals surface area contributed by atoms with Gasteiger partial charge in [-0.05, 0) is 24.4 Å². The molecule has 2 rings (SSSR count). The maximum Gasteiger partial charge on any atom is 0.338 e. The van der Waals surface area contributed by atoms with Crippen LogP contribution < -0.4 is 5.32 Å². The van der Waals surface area contributed by atoms with Gasteiger partial charge in [0, 0.05) is 0 Å². The number of ether oxygens (including phenoxy) is 2. The van der Waals surface area contributed by atoms with E-state index in [1.54, 1.807) is 29.2 Å². The quantitative estimate of drug-likeness (QED) is 0.570. The van der Waals surface area contributed by atoms with Crippen LogP contribution in [0, 0.1) is 0 Å². The number of nitrogens with zero attached hydrogens (tertiary/aromatic N) is 1. The van der Waals surface area contributed by atoms with E-state index in [4.69, 9.17) is 22.1 Å². The maximum atomic E-state index is 11.9. The summed E-state index contributed by atoms with van der Waals surface area (Å²) in [6.45, 7) is 0.445. The first-order valence-electron chi connectivity index (χ1n) is 7.05. The fourth-order valence-corrected chi connectivity index (χ4v) is 2.33. The Hall–Kier alpha value is -2.19. The molecule has 2 N–H and O–H groups in total. The Morgan fingerprint density at radius 3 is 2.61 bits per heavy atom. The number of aliphatic hydroxyl groups is 1. The van der Waals surface area contributed by atoms with Gasteiger partial charge in [-0.2, -0.15) is 0 Å². The van der Waals surface area contributed by atoms with Crippen LogP contribution in [-0.4, -0.2) is 66.0 Å². The third-order valence-corrected chi connectivity index (χ3v) is 3.76. The van der Waals surface area contributed by atoms with Crippen LogP contribution in [0.1, 0.15) is 10.4 Å². The number of esters is 2. The zero-order valence-electron chi connectivity index (χ0n) is 12.6. The summed E-state index contributed by atoms with van der Waals surface area (Å²) in [5.74, 6) is -0.973. The van der Waals surface area contributed by atoms with Crippen molar-refractivity contribution < 1.29 is 24.2 Å².